The lowest BCUT2D eigenvalue weighted by Gasteiger charge is -2.42. The van der Waals surface area contributed by atoms with E-state index in [0.29, 0.717) is 17.8 Å². The Morgan fingerprint density at radius 3 is 2.74 bits per heavy atom. The molecule has 0 spiro atoms. The molecule has 0 nitrogen and oxygen atoms in total. The van der Waals surface area contributed by atoms with E-state index in [9.17, 15) is 0 Å². The Hall–Kier alpha value is -3.35. The second kappa shape index (κ2) is 9.39. The van der Waals surface area contributed by atoms with Gasteiger partial charge in [0.15, 0.2) is 0 Å². The first kappa shape index (κ1) is 23.5. The fourth-order valence-electron chi connectivity index (χ4n) is 7.99. The van der Waals surface area contributed by atoms with Crippen LogP contribution >= 0.6 is 11.6 Å². The summed E-state index contributed by atoms with van der Waals surface area (Å²) in [5, 5.41) is 2.77. The van der Waals surface area contributed by atoms with E-state index >= 15 is 0 Å². The maximum atomic E-state index is 6.83. The van der Waals surface area contributed by atoms with Crippen molar-refractivity contribution in [3.8, 4) is 0 Å². The van der Waals surface area contributed by atoms with E-state index in [1.54, 1.807) is 11.1 Å². The number of hydrogen-bond donors (Lipinski definition) is 0. The molecule has 0 saturated heterocycles. The van der Waals surface area contributed by atoms with Gasteiger partial charge in [-0.2, -0.15) is 0 Å². The highest BCUT2D eigenvalue weighted by Gasteiger charge is 2.40. The normalized spacial score (nSPS) is 29.2. The number of hydrogen-bond acceptors (Lipinski definition) is 0. The smallest absolute Gasteiger partial charge is 0.0559 e. The third-order valence-electron chi connectivity index (χ3n) is 9.75. The highest BCUT2D eigenvalue weighted by Crippen LogP contribution is 2.55. The summed E-state index contributed by atoms with van der Waals surface area (Å²) in [7, 11) is 0. The zero-order valence-corrected chi connectivity index (χ0v) is 23.0. The predicted molar refractivity (Wildman–Crippen MR) is 165 cm³/mol. The zero-order valence-electron chi connectivity index (χ0n) is 22.2. The van der Waals surface area contributed by atoms with Crippen LogP contribution in [0.15, 0.2) is 142 Å². The molecule has 0 radical (unpaired) electrons. The molecule has 8 rings (SSSR count). The van der Waals surface area contributed by atoms with Crippen molar-refractivity contribution in [2.24, 2.45) is 17.8 Å². The molecule has 4 atom stereocenters. The van der Waals surface area contributed by atoms with Gasteiger partial charge in [0.1, 0.15) is 0 Å². The maximum Gasteiger partial charge on any atom is 0.0559 e. The van der Waals surface area contributed by atoms with Crippen LogP contribution in [0.2, 0.25) is 0 Å². The molecule has 0 bridgehead atoms. The lowest BCUT2D eigenvalue weighted by Crippen LogP contribution is -2.29. The second-order valence-electron chi connectivity index (χ2n) is 11.8. The molecule has 4 unspecified atom stereocenters. The molecule has 0 heterocycles. The van der Waals surface area contributed by atoms with Gasteiger partial charge in [-0.05, 0) is 105 Å². The minimum atomic E-state index is 0.0667. The average Bonchev–Trinajstić information content (AvgIpc) is 2.99. The highest BCUT2D eigenvalue weighted by molar-refractivity contribution is 6.22. The number of alkyl halides is 1. The van der Waals surface area contributed by atoms with Crippen LogP contribution < -0.4 is 0 Å². The van der Waals surface area contributed by atoms with Gasteiger partial charge in [-0.1, -0.05) is 103 Å². The minimum absolute atomic E-state index is 0.0667. The van der Waals surface area contributed by atoms with E-state index < -0.39 is 0 Å². The van der Waals surface area contributed by atoms with E-state index in [4.69, 9.17) is 11.6 Å². The molecular weight excluding hydrogens is 492 g/mol. The van der Waals surface area contributed by atoms with Gasteiger partial charge in [0, 0.05) is 11.8 Å². The summed E-state index contributed by atoms with van der Waals surface area (Å²) in [4.78, 5) is 0. The van der Waals surface area contributed by atoms with E-state index in [1.165, 1.54) is 62.6 Å². The summed E-state index contributed by atoms with van der Waals surface area (Å²) in [5.41, 5.74) is 13.4. The van der Waals surface area contributed by atoms with Crippen molar-refractivity contribution in [2.45, 2.75) is 43.9 Å². The van der Waals surface area contributed by atoms with Crippen LogP contribution in [-0.4, -0.2) is 5.38 Å². The first-order chi connectivity index (χ1) is 19.3. The SMILES string of the molecule is ClC1C=C2C(=CC1)C1CC(c3cccc4ccccc34)=C3CCC=CC3=C1C=C2C1C=CC=C2C=CCCC21. The van der Waals surface area contributed by atoms with Gasteiger partial charge in [-0.25, -0.2) is 0 Å². The fraction of sp³-hybridized carbons (Fsp3) is 0.263. The molecule has 6 aliphatic carbocycles. The standard InChI is InChI=1S/C38H33Cl/c39-26-19-20-33-34(21-26)36(30-18-8-12-25-10-2-4-14-28(25)30)23-37-32-16-6-5-15-31(32)35(22-38(33)37)29-17-7-11-24-9-1-3-13-27(24)29/h1-3,6-13,16-18,20-21,23,26,28,30,38H,4-5,14-15,19,22H2. The quantitative estimate of drug-likeness (QED) is 0.343. The lowest BCUT2D eigenvalue weighted by molar-refractivity contribution is 0.466. The Labute approximate surface area is 236 Å². The van der Waals surface area contributed by atoms with Gasteiger partial charge in [0.25, 0.3) is 0 Å². The summed E-state index contributed by atoms with van der Waals surface area (Å²) in [6.45, 7) is 0. The van der Waals surface area contributed by atoms with Crippen LogP contribution in [0, 0.1) is 17.8 Å². The Morgan fingerprint density at radius 2 is 1.77 bits per heavy atom. The van der Waals surface area contributed by atoms with E-state index in [-0.39, 0.29) is 5.38 Å². The van der Waals surface area contributed by atoms with E-state index in [2.05, 4.69) is 103 Å². The van der Waals surface area contributed by atoms with Gasteiger partial charge >= 0.3 is 0 Å². The summed E-state index contributed by atoms with van der Waals surface area (Å²) >= 11 is 6.83. The number of halogens is 1. The Balaban J connectivity index is 1.35. The third kappa shape index (κ3) is 3.80. The van der Waals surface area contributed by atoms with Crippen LogP contribution in [0.4, 0.5) is 0 Å². The number of rotatable bonds is 2. The monoisotopic (exact) mass is 524 g/mol. The molecule has 0 amide bonds. The van der Waals surface area contributed by atoms with Crippen LogP contribution in [0.1, 0.15) is 44.1 Å². The van der Waals surface area contributed by atoms with Crippen molar-refractivity contribution in [1.82, 2.24) is 0 Å². The minimum Gasteiger partial charge on any atom is -0.118 e. The second-order valence-corrected chi connectivity index (χ2v) is 12.4. The van der Waals surface area contributed by atoms with Crippen molar-refractivity contribution in [3.05, 3.63) is 148 Å². The largest absolute Gasteiger partial charge is 0.118 e. The lowest BCUT2D eigenvalue weighted by atomic mass is 9.62. The summed E-state index contributed by atoms with van der Waals surface area (Å²) in [6, 6.07) is 15.7. The van der Waals surface area contributed by atoms with Crippen molar-refractivity contribution in [3.63, 3.8) is 0 Å². The van der Waals surface area contributed by atoms with E-state index in [0.717, 1.165) is 25.7 Å². The predicted octanol–water partition coefficient (Wildman–Crippen LogP) is 10.1. The molecule has 6 aliphatic rings. The van der Waals surface area contributed by atoms with Gasteiger partial charge in [0.2, 0.25) is 0 Å². The zero-order chi connectivity index (χ0) is 25.9. The first-order valence-electron chi connectivity index (χ1n) is 14.7. The Morgan fingerprint density at radius 1 is 0.872 bits per heavy atom. The Bertz CT molecular complexity index is 1670. The van der Waals surface area contributed by atoms with Gasteiger partial charge in [-0.15, -0.1) is 11.6 Å². The third-order valence-corrected chi connectivity index (χ3v) is 10.0. The fourth-order valence-corrected chi connectivity index (χ4v) is 8.21. The first-order valence-corrected chi connectivity index (χ1v) is 15.1. The van der Waals surface area contributed by atoms with Crippen LogP contribution in [0.3, 0.4) is 0 Å². The molecular formula is C38H33Cl. The molecule has 0 N–H and O–H groups in total. The highest BCUT2D eigenvalue weighted by atomic mass is 35.5. The van der Waals surface area contributed by atoms with Crippen LogP contribution in [-0.2, 0) is 0 Å². The van der Waals surface area contributed by atoms with Gasteiger partial charge in [0.05, 0.1) is 5.38 Å². The Kier molecular flexibility index (Phi) is 5.66. The summed E-state index contributed by atoms with van der Waals surface area (Å²) in [6.07, 6.45) is 30.7. The van der Waals surface area contributed by atoms with Gasteiger partial charge in [-0.3, -0.25) is 0 Å². The average molecular weight is 525 g/mol. The van der Waals surface area contributed by atoms with Crippen molar-refractivity contribution in [2.75, 3.05) is 0 Å². The maximum absolute atomic E-state index is 6.83. The summed E-state index contributed by atoms with van der Waals surface area (Å²) < 4.78 is 0. The molecule has 1 heteroatoms. The molecule has 0 aliphatic heterocycles. The van der Waals surface area contributed by atoms with E-state index in [1.807, 2.05) is 0 Å². The molecule has 0 aromatic heterocycles. The number of allylic oxidation sites excluding steroid dienone is 18. The number of fused-ring (bicyclic) bond motifs is 6. The molecule has 39 heavy (non-hydrogen) atoms. The van der Waals surface area contributed by atoms with Gasteiger partial charge < -0.3 is 0 Å². The molecule has 192 valence electrons. The molecule has 0 saturated carbocycles. The summed E-state index contributed by atoms with van der Waals surface area (Å²) in [5.74, 6) is 1.34. The van der Waals surface area contributed by atoms with Crippen molar-refractivity contribution < 1.29 is 0 Å². The molecule has 0 fully saturated rings. The van der Waals surface area contributed by atoms with Crippen molar-refractivity contribution in [1.29, 1.82) is 0 Å². The van der Waals surface area contributed by atoms with Crippen molar-refractivity contribution >= 4 is 27.9 Å². The van der Waals surface area contributed by atoms with Crippen LogP contribution in [0.5, 0.6) is 0 Å². The van der Waals surface area contributed by atoms with Crippen LogP contribution in [0.25, 0.3) is 16.3 Å². The topological polar surface area (TPSA) is 0 Å². The molecule has 2 aromatic carbocycles. The number of benzene rings is 2. The molecule has 2 aromatic rings.